The van der Waals surface area contributed by atoms with Crippen molar-refractivity contribution < 1.29 is 27.4 Å². The lowest BCUT2D eigenvalue weighted by atomic mass is 10.0. The van der Waals surface area contributed by atoms with E-state index in [0.29, 0.717) is 17.2 Å². The Hall–Kier alpha value is -1.72. The van der Waals surface area contributed by atoms with Gasteiger partial charge in [0.2, 0.25) is 0 Å². The second-order valence-electron chi connectivity index (χ2n) is 5.08. The summed E-state index contributed by atoms with van der Waals surface area (Å²) in [6.07, 6.45) is -3.09. The lowest BCUT2D eigenvalue weighted by Crippen LogP contribution is -2.10. The molecule has 0 spiro atoms. The minimum absolute atomic E-state index is 0.00118. The van der Waals surface area contributed by atoms with Crippen LogP contribution in [0.25, 0.3) is 0 Å². The summed E-state index contributed by atoms with van der Waals surface area (Å²) < 4.78 is 46.2. The van der Waals surface area contributed by atoms with Crippen LogP contribution in [0, 0.1) is 0 Å². The smallest absolute Gasteiger partial charge is 0.389 e. The maximum absolute atomic E-state index is 12.0. The third kappa shape index (κ3) is 4.65. The Morgan fingerprint density at radius 1 is 1.33 bits per heavy atom. The molecule has 1 aromatic carbocycles. The molecule has 1 fully saturated rings. The van der Waals surface area contributed by atoms with Gasteiger partial charge in [-0.25, -0.2) is 4.79 Å². The van der Waals surface area contributed by atoms with Crippen LogP contribution in [0.5, 0.6) is 5.75 Å². The van der Waals surface area contributed by atoms with Crippen LogP contribution in [-0.4, -0.2) is 25.9 Å². The van der Waals surface area contributed by atoms with E-state index in [1.807, 2.05) is 0 Å². The number of hydrogen-bond acceptors (Lipinski definition) is 3. The molecule has 116 valence electrons. The van der Waals surface area contributed by atoms with Crippen LogP contribution in [0.15, 0.2) is 18.2 Å². The predicted molar refractivity (Wildman–Crippen MR) is 70.5 cm³/mol. The number of esters is 1. The van der Waals surface area contributed by atoms with Crippen molar-refractivity contribution >= 4 is 5.97 Å². The molecular formula is C15H17F3O3. The Morgan fingerprint density at radius 2 is 2.05 bits per heavy atom. The predicted octanol–water partition coefficient (Wildman–Crippen LogP) is 4.07. The van der Waals surface area contributed by atoms with E-state index in [-0.39, 0.29) is 13.0 Å². The minimum atomic E-state index is -4.16. The molecule has 0 aromatic heterocycles. The van der Waals surface area contributed by atoms with Crippen molar-refractivity contribution in [3.63, 3.8) is 0 Å². The van der Waals surface area contributed by atoms with Crippen LogP contribution in [0.2, 0.25) is 0 Å². The van der Waals surface area contributed by atoms with Gasteiger partial charge >= 0.3 is 12.1 Å². The SMILES string of the molecule is COC(=O)c1ccc(OCCCC(F)(F)F)cc1C1CC1. The van der Waals surface area contributed by atoms with Gasteiger partial charge in [-0.2, -0.15) is 13.2 Å². The standard InChI is InChI=1S/C15H17F3O3/c1-20-14(19)12-6-5-11(9-13(12)10-3-4-10)21-8-2-7-15(16,17)18/h5-6,9-10H,2-4,7-8H2,1H3. The summed E-state index contributed by atoms with van der Waals surface area (Å²) >= 11 is 0. The van der Waals surface area contributed by atoms with Gasteiger partial charge in [0.1, 0.15) is 5.75 Å². The summed E-state index contributed by atoms with van der Waals surface area (Å²) in [6.45, 7) is 0.00118. The van der Waals surface area contributed by atoms with Gasteiger partial charge < -0.3 is 9.47 Å². The Labute approximate surface area is 121 Å². The van der Waals surface area contributed by atoms with Crippen molar-refractivity contribution in [1.29, 1.82) is 0 Å². The van der Waals surface area contributed by atoms with Crippen molar-refractivity contribution in [3.8, 4) is 5.75 Å². The van der Waals surface area contributed by atoms with E-state index in [1.54, 1.807) is 18.2 Å². The van der Waals surface area contributed by atoms with Gasteiger partial charge in [-0.1, -0.05) is 0 Å². The van der Waals surface area contributed by atoms with Crippen LogP contribution in [0.4, 0.5) is 13.2 Å². The van der Waals surface area contributed by atoms with Gasteiger partial charge in [0.15, 0.2) is 0 Å². The summed E-state index contributed by atoms with van der Waals surface area (Å²) in [6, 6.07) is 4.93. The van der Waals surface area contributed by atoms with Gasteiger partial charge in [-0.05, 0) is 48.9 Å². The summed E-state index contributed by atoms with van der Waals surface area (Å²) in [5.41, 5.74) is 1.36. The third-order valence-corrected chi connectivity index (χ3v) is 3.32. The maximum atomic E-state index is 12.0. The van der Waals surface area contributed by atoms with Crippen LogP contribution in [0.1, 0.15) is 47.5 Å². The van der Waals surface area contributed by atoms with Gasteiger partial charge in [0.25, 0.3) is 0 Å². The van der Waals surface area contributed by atoms with Gasteiger partial charge in [0, 0.05) is 6.42 Å². The van der Waals surface area contributed by atoms with Gasteiger partial charge in [-0.3, -0.25) is 0 Å². The number of hydrogen-bond donors (Lipinski definition) is 0. The van der Waals surface area contributed by atoms with Crippen molar-refractivity contribution in [2.24, 2.45) is 0 Å². The Kier molecular flexibility index (Phi) is 4.75. The number of methoxy groups -OCH3 is 1. The van der Waals surface area contributed by atoms with Crippen LogP contribution in [0.3, 0.4) is 0 Å². The number of rotatable bonds is 6. The average Bonchev–Trinajstić information content (AvgIpc) is 3.26. The fourth-order valence-electron chi connectivity index (χ4n) is 2.12. The highest BCUT2D eigenvalue weighted by molar-refractivity contribution is 5.91. The summed E-state index contributed by atoms with van der Waals surface area (Å²) in [7, 11) is 1.32. The molecule has 1 aliphatic rings. The zero-order valence-corrected chi connectivity index (χ0v) is 11.7. The number of alkyl halides is 3. The Morgan fingerprint density at radius 3 is 2.62 bits per heavy atom. The molecule has 3 nitrogen and oxygen atoms in total. The van der Waals surface area contributed by atoms with E-state index in [9.17, 15) is 18.0 Å². The molecule has 0 unspecified atom stereocenters. The highest BCUT2D eigenvalue weighted by atomic mass is 19.4. The normalized spacial score (nSPS) is 14.9. The summed E-state index contributed by atoms with van der Waals surface area (Å²) in [4.78, 5) is 11.7. The van der Waals surface area contributed by atoms with Crippen molar-refractivity contribution in [3.05, 3.63) is 29.3 Å². The molecule has 1 saturated carbocycles. The van der Waals surface area contributed by atoms with E-state index in [0.717, 1.165) is 18.4 Å². The zero-order valence-electron chi connectivity index (χ0n) is 11.7. The van der Waals surface area contributed by atoms with Crippen molar-refractivity contribution in [2.75, 3.05) is 13.7 Å². The first-order valence-corrected chi connectivity index (χ1v) is 6.82. The fourth-order valence-corrected chi connectivity index (χ4v) is 2.12. The van der Waals surface area contributed by atoms with Crippen LogP contribution >= 0.6 is 0 Å². The molecule has 1 aliphatic carbocycles. The van der Waals surface area contributed by atoms with E-state index < -0.39 is 18.6 Å². The number of ether oxygens (including phenoxy) is 2. The largest absolute Gasteiger partial charge is 0.494 e. The van der Waals surface area contributed by atoms with Gasteiger partial charge in [0.05, 0.1) is 19.3 Å². The average molecular weight is 302 g/mol. The number of benzene rings is 1. The lowest BCUT2D eigenvalue weighted by Gasteiger charge is -2.12. The fraction of sp³-hybridized carbons (Fsp3) is 0.533. The first-order valence-electron chi connectivity index (χ1n) is 6.82. The van der Waals surface area contributed by atoms with Crippen molar-refractivity contribution in [2.45, 2.75) is 37.8 Å². The second kappa shape index (κ2) is 6.37. The van der Waals surface area contributed by atoms with Crippen molar-refractivity contribution in [1.82, 2.24) is 0 Å². The molecule has 0 radical (unpaired) electrons. The zero-order chi connectivity index (χ0) is 15.5. The molecule has 6 heteroatoms. The van der Waals surface area contributed by atoms with E-state index in [4.69, 9.17) is 9.47 Å². The number of carbonyl (C=O) groups excluding carboxylic acids is 1. The van der Waals surface area contributed by atoms with E-state index in [1.165, 1.54) is 7.11 Å². The topological polar surface area (TPSA) is 35.5 Å². The lowest BCUT2D eigenvalue weighted by molar-refractivity contribution is -0.136. The molecule has 0 heterocycles. The van der Waals surface area contributed by atoms with E-state index >= 15 is 0 Å². The van der Waals surface area contributed by atoms with Crippen LogP contribution < -0.4 is 4.74 Å². The number of carbonyl (C=O) groups is 1. The Bertz CT molecular complexity index is 507. The molecule has 0 amide bonds. The van der Waals surface area contributed by atoms with Gasteiger partial charge in [-0.15, -0.1) is 0 Å². The second-order valence-corrected chi connectivity index (χ2v) is 5.08. The molecule has 0 N–H and O–H groups in total. The Balaban J connectivity index is 1.98. The number of halogens is 3. The molecule has 1 aromatic rings. The van der Waals surface area contributed by atoms with E-state index in [2.05, 4.69) is 0 Å². The highest BCUT2D eigenvalue weighted by Crippen LogP contribution is 2.43. The quantitative estimate of drug-likeness (QED) is 0.587. The minimum Gasteiger partial charge on any atom is -0.494 e. The molecule has 0 saturated heterocycles. The molecule has 0 aliphatic heterocycles. The monoisotopic (exact) mass is 302 g/mol. The summed E-state index contributed by atoms with van der Waals surface area (Å²) in [5, 5.41) is 0. The first kappa shape index (κ1) is 15.7. The molecular weight excluding hydrogens is 285 g/mol. The molecule has 2 rings (SSSR count). The first-order chi connectivity index (χ1) is 9.90. The molecule has 0 bridgehead atoms. The molecule has 21 heavy (non-hydrogen) atoms. The summed E-state index contributed by atoms with van der Waals surface area (Å²) in [5.74, 6) is 0.407. The maximum Gasteiger partial charge on any atom is 0.389 e. The highest BCUT2D eigenvalue weighted by Gasteiger charge is 2.29. The van der Waals surface area contributed by atoms with Crippen LogP contribution in [-0.2, 0) is 4.74 Å². The molecule has 0 atom stereocenters. The third-order valence-electron chi connectivity index (χ3n) is 3.32.